The molecule has 4 nitrogen and oxygen atoms in total. The molecule has 20 heavy (non-hydrogen) atoms. The number of thiophene rings is 1. The third-order valence-electron chi connectivity index (χ3n) is 2.65. The molecular weight excluding hydrogens is 342 g/mol. The van der Waals surface area contributed by atoms with Crippen molar-refractivity contribution in [2.75, 3.05) is 11.4 Å². The zero-order chi connectivity index (χ0) is 14.5. The number of carbonyl (C=O) groups is 2. The molecule has 2 rings (SSSR count). The minimum Gasteiger partial charge on any atom is -0.481 e. The van der Waals surface area contributed by atoms with Gasteiger partial charge < -0.3 is 10.0 Å². The highest BCUT2D eigenvalue weighted by molar-refractivity contribution is 9.11. The molecule has 0 saturated carbocycles. The van der Waals surface area contributed by atoms with Crippen LogP contribution in [0, 0.1) is 0 Å². The third kappa shape index (κ3) is 3.68. The van der Waals surface area contributed by atoms with Crippen LogP contribution < -0.4 is 4.90 Å². The lowest BCUT2D eigenvalue weighted by Crippen LogP contribution is -2.32. The van der Waals surface area contributed by atoms with Crippen molar-refractivity contribution in [1.29, 1.82) is 0 Å². The quantitative estimate of drug-likeness (QED) is 0.892. The first-order chi connectivity index (χ1) is 9.58. The second kappa shape index (κ2) is 6.67. The normalized spacial score (nSPS) is 10.2. The van der Waals surface area contributed by atoms with Crippen LogP contribution in [0.1, 0.15) is 16.1 Å². The van der Waals surface area contributed by atoms with Crippen molar-refractivity contribution in [3.05, 3.63) is 51.1 Å². The molecule has 0 aliphatic rings. The number of carbonyl (C=O) groups excluding carboxylic acids is 1. The number of amides is 1. The fraction of sp³-hybridized carbons (Fsp3) is 0.143. The van der Waals surface area contributed by atoms with Gasteiger partial charge in [0.25, 0.3) is 5.91 Å². The summed E-state index contributed by atoms with van der Waals surface area (Å²) in [4.78, 5) is 25.3. The summed E-state index contributed by atoms with van der Waals surface area (Å²) >= 11 is 4.65. The smallest absolute Gasteiger partial charge is 0.305 e. The number of anilines is 1. The van der Waals surface area contributed by atoms with Gasteiger partial charge in [-0.3, -0.25) is 9.59 Å². The number of para-hydroxylation sites is 1. The van der Waals surface area contributed by atoms with Crippen molar-refractivity contribution in [3.8, 4) is 0 Å². The number of carboxylic acids is 1. The summed E-state index contributed by atoms with van der Waals surface area (Å²) in [5, 5.41) is 8.82. The zero-order valence-electron chi connectivity index (χ0n) is 10.5. The second-order valence-electron chi connectivity index (χ2n) is 4.04. The van der Waals surface area contributed by atoms with E-state index in [9.17, 15) is 9.59 Å². The second-order valence-corrected chi connectivity index (χ2v) is 6.50. The van der Waals surface area contributed by atoms with E-state index in [4.69, 9.17) is 5.11 Å². The van der Waals surface area contributed by atoms with Gasteiger partial charge in [0.2, 0.25) is 0 Å². The maximum atomic E-state index is 12.5. The van der Waals surface area contributed by atoms with Gasteiger partial charge in [0.15, 0.2) is 0 Å². The molecule has 0 radical (unpaired) electrons. The highest BCUT2D eigenvalue weighted by Crippen LogP contribution is 2.25. The molecule has 1 heterocycles. The zero-order valence-corrected chi connectivity index (χ0v) is 12.9. The molecule has 1 N–H and O–H groups in total. The van der Waals surface area contributed by atoms with Crippen LogP contribution in [-0.4, -0.2) is 23.5 Å². The predicted molar refractivity (Wildman–Crippen MR) is 82.4 cm³/mol. The Morgan fingerprint density at radius 2 is 1.85 bits per heavy atom. The van der Waals surface area contributed by atoms with Gasteiger partial charge in [0.05, 0.1) is 15.1 Å². The number of halogens is 1. The van der Waals surface area contributed by atoms with Crippen LogP contribution in [0.25, 0.3) is 0 Å². The van der Waals surface area contributed by atoms with Crippen molar-refractivity contribution >= 4 is 44.8 Å². The maximum absolute atomic E-state index is 12.5. The van der Waals surface area contributed by atoms with E-state index in [1.54, 1.807) is 24.3 Å². The lowest BCUT2D eigenvalue weighted by atomic mass is 10.2. The molecule has 0 bridgehead atoms. The molecule has 0 aliphatic heterocycles. The van der Waals surface area contributed by atoms with E-state index in [0.717, 1.165) is 3.79 Å². The fourth-order valence-corrected chi connectivity index (χ4v) is 3.06. The molecule has 1 amide bonds. The van der Waals surface area contributed by atoms with Gasteiger partial charge in [-0.15, -0.1) is 11.3 Å². The standard InChI is InChI=1S/C14H12BrNO3S/c15-12-7-6-11(20-12)14(19)16(9-8-13(17)18)10-4-2-1-3-5-10/h1-7H,8-9H2,(H,17,18). The number of carboxylic acid groups (broad SMARTS) is 1. The third-order valence-corrected chi connectivity index (χ3v) is 4.26. The average molecular weight is 354 g/mol. The monoisotopic (exact) mass is 353 g/mol. The van der Waals surface area contributed by atoms with Crippen molar-refractivity contribution in [2.45, 2.75) is 6.42 Å². The molecule has 1 aromatic carbocycles. The van der Waals surface area contributed by atoms with Crippen molar-refractivity contribution < 1.29 is 14.7 Å². The van der Waals surface area contributed by atoms with E-state index >= 15 is 0 Å². The lowest BCUT2D eigenvalue weighted by Gasteiger charge is -2.21. The number of aliphatic carboxylic acids is 1. The number of hydrogen-bond donors (Lipinski definition) is 1. The largest absolute Gasteiger partial charge is 0.481 e. The Bertz CT molecular complexity index is 612. The van der Waals surface area contributed by atoms with Gasteiger partial charge in [-0.1, -0.05) is 18.2 Å². The minimum absolute atomic E-state index is 0.0901. The Morgan fingerprint density at radius 1 is 1.15 bits per heavy atom. The van der Waals surface area contributed by atoms with Gasteiger partial charge in [-0.2, -0.15) is 0 Å². The summed E-state index contributed by atoms with van der Waals surface area (Å²) in [5.74, 6) is -1.11. The molecule has 0 spiro atoms. The highest BCUT2D eigenvalue weighted by Gasteiger charge is 2.19. The molecule has 6 heteroatoms. The van der Waals surface area contributed by atoms with Crippen LogP contribution in [0.3, 0.4) is 0 Å². The van der Waals surface area contributed by atoms with Gasteiger partial charge >= 0.3 is 5.97 Å². The molecule has 0 fully saturated rings. The topological polar surface area (TPSA) is 57.6 Å². The van der Waals surface area contributed by atoms with Gasteiger partial charge in [-0.25, -0.2) is 0 Å². The van der Waals surface area contributed by atoms with Gasteiger partial charge in [0, 0.05) is 12.2 Å². The predicted octanol–water partition coefficient (Wildman–Crippen LogP) is 3.63. The van der Waals surface area contributed by atoms with E-state index < -0.39 is 5.97 Å². The van der Waals surface area contributed by atoms with E-state index in [2.05, 4.69) is 15.9 Å². The lowest BCUT2D eigenvalue weighted by molar-refractivity contribution is -0.136. The summed E-state index contributed by atoms with van der Waals surface area (Å²) in [5.41, 5.74) is 0.697. The first-order valence-electron chi connectivity index (χ1n) is 5.92. The van der Waals surface area contributed by atoms with Gasteiger partial charge in [0.1, 0.15) is 0 Å². The Kier molecular flexibility index (Phi) is 4.92. The van der Waals surface area contributed by atoms with E-state index in [-0.39, 0.29) is 18.9 Å². The molecule has 2 aromatic rings. The average Bonchev–Trinajstić information content (AvgIpc) is 2.86. The summed E-state index contributed by atoms with van der Waals surface area (Å²) in [7, 11) is 0. The van der Waals surface area contributed by atoms with E-state index in [1.165, 1.54) is 16.2 Å². The van der Waals surface area contributed by atoms with Crippen LogP contribution in [-0.2, 0) is 4.79 Å². The molecule has 0 saturated heterocycles. The van der Waals surface area contributed by atoms with Gasteiger partial charge in [-0.05, 0) is 40.2 Å². The molecule has 104 valence electrons. The summed E-state index contributed by atoms with van der Waals surface area (Å²) < 4.78 is 0.868. The first-order valence-corrected chi connectivity index (χ1v) is 7.53. The van der Waals surface area contributed by atoms with Crippen LogP contribution in [0.2, 0.25) is 0 Å². The Hall–Kier alpha value is -1.66. The van der Waals surface area contributed by atoms with Crippen molar-refractivity contribution in [1.82, 2.24) is 0 Å². The van der Waals surface area contributed by atoms with E-state index in [1.807, 2.05) is 18.2 Å². The molecule has 0 atom stereocenters. The van der Waals surface area contributed by atoms with Crippen molar-refractivity contribution in [2.24, 2.45) is 0 Å². The van der Waals surface area contributed by atoms with Crippen LogP contribution in [0.4, 0.5) is 5.69 Å². The number of rotatable bonds is 5. The van der Waals surface area contributed by atoms with Crippen LogP contribution in [0.15, 0.2) is 46.3 Å². The highest BCUT2D eigenvalue weighted by atomic mass is 79.9. The molecule has 0 aliphatic carbocycles. The van der Waals surface area contributed by atoms with Crippen LogP contribution in [0.5, 0.6) is 0 Å². The molecular formula is C14H12BrNO3S. The SMILES string of the molecule is O=C(O)CCN(C(=O)c1ccc(Br)s1)c1ccccc1. The van der Waals surface area contributed by atoms with E-state index in [0.29, 0.717) is 10.6 Å². The van der Waals surface area contributed by atoms with Crippen LogP contribution >= 0.6 is 27.3 Å². The number of hydrogen-bond acceptors (Lipinski definition) is 3. The summed E-state index contributed by atoms with van der Waals surface area (Å²) in [6, 6.07) is 12.6. The summed E-state index contributed by atoms with van der Waals surface area (Å²) in [6.45, 7) is 0.147. The Balaban J connectivity index is 2.26. The fourth-order valence-electron chi connectivity index (χ4n) is 1.73. The maximum Gasteiger partial charge on any atom is 0.305 e. The number of benzene rings is 1. The Labute approximate surface area is 128 Å². The minimum atomic E-state index is -0.925. The number of nitrogens with zero attached hydrogens (tertiary/aromatic N) is 1. The molecule has 1 aromatic heterocycles. The van der Waals surface area contributed by atoms with Crippen molar-refractivity contribution in [3.63, 3.8) is 0 Å². The Morgan fingerprint density at radius 3 is 2.40 bits per heavy atom. The summed E-state index contributed by atoms with van der Waals surface area (Å²) in [6.07, 6.45) is -0.0901. The first kappa shape index (κ1) is 14.7. The molecule has 0 unspecified atom stereocenters.